The van der Waals surface area contributed by atoms with Crippen LogP contribution in [0.1, 0.15) is 10.6 Å². The summed E-state index contributed by atoms with van der Waals surface area (Å²) in [5.41, 5.74) is 0. The molecular formula is C11H11N3O4S. The Balaban J connectivity index is 2.18. The number of furan rings is 1. The Bertz CT molecular complexity index is 679. The first-order valence-corrected chi connectivity index (χ1v) is 6.77. The third-order valence-corrected chi connectivity index (χ3v) is 3.53. The molecule has 0 aliphatic heterocycles. The molecule has 2 N–H and O–H groups in total. The van der Waals surface area contributed by atoms with E-state index >= 15 is 0 Å². The summed E-state index contributed by atoms with van der Waals surface area (Å²) in [6, 6.07) is 7.51. The van der Waals surface area contributed by atoms with E-state index in [2.05, 4.69) is 15.0 Å². The molecule has 0 bridgehead atoms. The monoisotopic (exact) mass is 281 g/mol. The van der Waals surface area contributed by atoms with Crippen LogP contribution >= 0.6 is 0 Å². The largest absolute Gasteiger partial charge is 0.438 e. The maximum atomic E-state index is 11.8. The average Bonchev–Trinajstić information content (AvgIpc) is 2.90. The summed E-state index contributed by atoms with van der Waals surface area (Å²) in [4.78, 5) is 15.7. The van der Waals surface area contributed by atoms with Gasteiger partial charge >= 0.3 is 0 Å². The first-order valence-electron chi connectivity index (χ1n) is 5.29. The average molecular weight is 281 g/mol. The summed E-state index contributed by atoms with van der Waals surface area (Å²) in [5, 5.41) is 2.16. The molecule has 2 aromatic rings. The Morgan fingerprint density at radius 3 is 2.68 bits per heavy atom. The normalized spacial score (nSPS) is 11.2. The molecule has 0 unspecified atom stereocenters. The molecule has 2 aromatic heterocycles. The van der Waals surface area contributed by atoms with E-state index in [0.717, 1.165) is 0 Å². The highest BCUT2D eigenvalue weighted by molar-refractivity contribution is 7.89. The Morgan fingerprint density at radius 1 is 1.26 bits per heavy atom. The second-order valence-electron chi connectivity index (χ2n) is 3.50. The van der Waals surface area contributed by atoms with Crippen molar-refractivity contribution in [3.05, 3.63) is 42.3 Å². The zero-order chi connectivity index (χ0) is 13.9. The van der Waals surface area contributed by atoms with Gasteiger partial charge in [-0.2, -0.15) is 0 Å². The second-order valence-corrected chi connectivity index (χ2v) is 5.31. The van der Waals surface area contributed by atoms with Crippen LogP contribution in [0.5, 0.6) is 0 Å². The van der Waals surface area contributed by atoms with Gasteiger partial charge in [0, 0.05) is 6.20 Å². The standard InChI is InChI=1S/C11H11N3O4S/c1-12-19(16,17)10-6-5-8(18-10)11(15)14-9-4-2-3-7-13-9/h2-7,12H,1H3,(H,13,14,15). The molecule has 0 aliphatic carbocycles. The van der Waals surface area contributed by atoms with Crippen LogP contribution in [-0.4, -0.2) is 26.4 Å². The van der Waals surface area contributed by atoms with Crippen LogP contribution < -0.4 is 10.0 Å². The number of hydrogen-bond donors (Lipinski definition) is 2. The van der Waals surface area contributed by atoms with Gasteiger partial charge in [0.2, 0.25) is 5.09 Å². The molecular weight excluding hydrogens is 270 g/mol. The third kappa shape index (κ3) is 2.98. The SMILES string of the molecule is CNS(=O)(=O)c1ccc(C(=O)Nc2ccccn2)o1. The van der Waals surface area contributed by atoms with Crippen LogP contribution in [0.4, 0.5) is 5.82 Å². The molecule has 100 valence electrons. The molecule has 1 amide bonds. The van der Waals surface area contributed by atoms with E-state index in [4.69, 9.17) is 4.42 Å². The molecule has 19 heavy (non-hydrogen) atoms. The Hall–Kier alpha value is -2.19. The van der Waals surface area contributed by atoms with Crippen molar-refractivity contribution in [1.29, 1.82) is 0 Å². The van der Waals surface area contributed by atoms with Crippen molar-refractivity contribution in [2.45, 2.75) is 5.09 Å². The van der Waals surface area contributed by atoms with Gasteiger partial charge in [0.15, 0.2) is 5.76 Å². The Labute approximate surface area is 109 Å². The quantitative estimate of drug-likeness (QED) is 0.864. The number of aromatic nitrogens is 1. The predicted molar refractivity (Wildman–Crippen MR) is 67.1 cm³/mol. The van der Waals surface area contributed by atoms with E-state index in [1.54, 1.807) is 18.2 Å². The van der Waals surface area contributed by atoms with Crippen LogP contribution in [0.15, 0.2) is 46.0 Å². The molecule has 2 heterocycles. The van der Waals surface area contributed by atoms with Crippen LogP contribution in [0.3, 0.4) is 0 Å². The minimum Gasteiger partial charge on any atom is -0.438 e. The Morgan fingerprint density at radius 2 is 2.05 bits per heavy atom. The van der Waals surface area contributed by atoms with Gasteiger partial charge < -0.3 is 9.73 Å². The van der Waals surface area contributed by atoms with Gasteiger partial charge in [-0.25, -0.2) is 18.1 Å². The highest BCUT2D eigenvalue weighted by Gasteiger charge is 2.19. The number of anilines is 1. The van der Waals surface area contributed by atoms with Gasteiger partial charge in [-0.3, -0.25) is 4.79 Å². The fourth-order valence-corrected chi connectivity index (χ4v) is 1.95. The molecule has 0 saturated heterocycles. The number of carbonyl (C=O) groups is 1. The molecule has 0 atom stereocenters. The fourth-order valence-electron chi connectivity index (χ4n) is 1.30. The molecule has 7 nitrogen and oxygen atoms in total. The summed E-state index contributed by atoms with van der Waals surface area (Å²) >= 11 is 0. The lowest BCUT2D eigenvalue weighted by atomic mass is 10.4. The summed E-state index contributed by atoms with van der Waals surface area (Å²) in [5.74, 6) is -0.336. The van der Waals surface area contributed by atoms with Gasteiger partial charge in [-0.05, 0) is 31.3 Å². The minimum absolute atomic E-state index is 0.112. The van der Waals surface area contributed by atoms with E-state index in [1.807, 2.05) is 0 Å². The highest BCUT2D eigenvalue weighted by atomic mass is 32.2. The topological polar surface area (TPSA) is 101 Å². The molecule has 8 heteroatoms. The maximum Gasteiger partial charge on any atom is 0.292 e. The summed E-state index contributed by atoms with van der Waals surface area (Å²) in [6.07, 6.45) is 1.52. The van der Waals surface area contributed by atoms with Crippen molar-refractivity contribution >= 4 is 21.7 Å². The zero-order valence-electron chi connectivity index (χ0n) is 9.95. The van der Waals surface area contributed by atoms with Crippen molar-refractivity contribution in [3.63, 3.8) is 0 Å². The van der Waals surface area contributed by atoms with Crippen LogP contribution in [-0.2, 0) is 10.0 Å². The van der Waals surface area contributed by atoms with Crippen molar-refractivity contribution in [1.82, 2.24) is 9.71 Å². The molecule has 2 rings (SSSR count). The number of amides is 1. The van der Waals surface area contributed by atoms with Crippen LogP contribution in [0, 0.1) is 0 Å². The predicted octanol–water partition coefficient (Wildman–Crippen LogP) is 0.835. The van der Waals surface area contributed by atoms with Crippen molar-refractivity contribution < 1.29 is 17.6 Å². The molecule has 0 saturated carbocycles. The summed E-state index contributed by atoms with van der Waals surface area (Å²) in [7, 11) is -2.44. The van der Waals surface area contributed by atoms with E-state index in [0.29, 0.717) is 5.82 Å². The van der Waals surface area contributed by atoms with Gasteiger partial charge in [0.1, 0.15) is 5.82 Å². The smallest absolute Gasteiger partial charge is 0.292 e. The summed E-state index contributed by atoms with van der Waals surface area (Å²) in [6.45, 7) is 0. The van der Waals surface area contributed by atoms with Gasteiger partial charge in [-0.1, -0.05) is 6.07 Å². The van der Waals surface area contributed by atoms with Gasteiger partial charge in [0.05, 0.1) is 0 Å². The Kier molecular flexibility index (Phi) is 3.63. The zero-order valence-corrected chi connectivity index (χ0v) is 10.8. The number of nitrogens with one attached hydrogen (secondary N) is 2. The third-order valence-electron chi connectivity index (χ3n) is 2.25. The van der Waals surface area contributed by atoms with Gasteiger partial charge in [-0.15, -0.1) is 0 Å². The van der Waals surface area contributed by atoms with Crippen molar-refractivity contribution in [2.75, 3.05) is 12.4 Å². The van der Waals surface area contributed by atoms with E-state index in [-0.39, 0.29) is 10.9 Å². The van der Waals surface area contributed by atoms with E-state index in [1.165, 1.54) is 25.4 Å². The number of carbonyl (C=O) groups excluding carboxylic acids is 1. The summed E-state index contributed by atoms with van der Waals surface area (Å²) < 4.78 is 30.0. The van der Waals surface area contributed by atoms with Crippen molar-refractivity contribution in [3.8, 4) is 0 Å². The van der Waals surface area contributed by atoms with Crippen molar-refractivity contribution in [2.24, 2.45) is 0 Å². The second kappa shape index (κ2) is 5.21. The van der Waals surface area contributed by atoms with Crippen LogP contribution in [0.2, 0.25) is 0 Å². The molecule has 0 aromatic carbocycles. The first-order chi connectivity index (χ1) is 9.03. The molecule has 0 aliphatic rings. The number of sulfonamides is 1. The van der Waals surface area contributed by atoms with Crippen LogP contribution in [0.25, 0.3) is 0 Å². The fraction of sp³-hybridized carbons (Fsp3) is 0.0909. The lowest BCUT2D eigenvalue weighted by molar-refractivity contribution is 0.0991. The number of pyridine rings is 1. The molecule has 0 spiro atoms. The maximum absolute atomic E-state index is 11.8. The van der Waals surface area contributed by atoms with Gasteiger partial charge in [0.25, 0.3) is 15.9 Å². The van der Waals surface area contributed by atoms with E-state index < -0.39 is 15.9 Å². The molecule has 0 fully saturated rings. The number of rotatable bonds is 4. The highest BCUT2D eigenvalue weighted by Crippen LogP contribution is 2.14. The lowest BCUT2D eigenvalue weighted by Crippen LogP contribution is -2.18. The number of nitrogens with zero attached hydrogens (tertiary/aromatic N) is 1. The first kappa shape index (κ1) is 13.2. The molecule has 0 radical (unpaired) electrons. The number of hydrogen-bond acceptors (Lipinski definition) is 5. The van der Waals surface area contributed by atoms with E-state index in [9.17, 15) is 13.2 Å². The minimum atomic E-state index is -3.70. The lowest BCUT2D eigenvalue weighted by Gasteiger charge is -2.01.